The Balaban J connectivity index is 2.01. The topological polar surface area (TPSA) is 99.3 Å². The van der Waals surface area contributed by atoms with E-state index in [0.717, 1.165) is 29.2 Å². The molecule has 2 rings (SSSR count). The zero-order valence-electron chi connectivity index (χ0n) is 17.9. The largest absolute Gasteiger partial charge is 0.379 e. The third kappa shape index (κ3) is 7.67. The highest BCUT2D eigenvalue weighted by Crippen LogP contribution is 2.11. The summed E-state index contributed by atoms with van der Waals surface area (Å²) in [6.07, 6.45) is 1.05. The van der Waals surface area contributed by atoms with E-state index in [1.54, 1.807) is 6.92 Å². The Morgan fingerprint density at radius 3 is 2.43 bits per heavy atom. The second-order valence-corrected chi connectivity index (χ2v) is 9.54. The molecule has 0 spiro atoms. The van der Waals surface area contributed by atoms with Gasteiger partial charge in [-0.05, 0) is 12.5 Å². The van der Waals surface area contributed by atoms with Gasteiger partial charge in [-0.3, -0.25) is 14.5 Å². The molecular weight excluding hydrogens is 408 g/mol. The Kier molecular flexibility index (Phi) is 9.22. The van der Waals surface area contributed by atoms with Crippen LogP contribution < -0.4 is 5.32 Å². The van der Waals surface area contributed by atoms with Crippen LogP contribution in [0.4, 0.5) is 0 Å². The first kappa shape index (κ1) is 24.3. The van der Waals surface area contributed by atoms with Crippen molar-refractivity contribution in [2.24, 2.45) is 0 Å². The molecule has 1 aliphatic heterocycles. The summed E-state index contributed by atoms with van der Waals surface area (Å²) in [5.74, 6) is -0.697. The van der Waals surface area contributed by atoms with Crippen molar-refractivity contribution >= 4 is 21.8 Å². The summed E-state index contributed by atoms with van der Waals surface area (Å²) in [7, 11) is -2.16. The Bertz CT molecular complexity index is 797. The van der Waals surface area contributed by atoms with Crippen LogP contribution in [-0.2, 0) is 30.9 Å². The first-order chi connectivity index (χ1) is 14.2. The average molecular weight is 441 g/mol. The lowest BCUT2D eigenvalue weighted by atomic mass is 10.1. The number of nitrogens with zero attached hydrogens (tertiary/aromatic N) is 3. The molecule has 0 aromatic heterocycles. The van der Waals surface area contributed by atoms with Crippen molar-refractivity contribution in [1.82, 2.24) is 19.4 Å². The van der Waals surface area contributed by atoms with Gasteiger partial charge < -0.3 is 15.0 Å². The molecule has 168 valence electrons. The van der Waals surface area contributed by atoms with Crippen molar-refractivity contribution in [2.45, 2.75) is 19.5 Å². The second kappa shape index (κ2) is 11.4. The van der Waals surface area contributed by atoms with E-state index in [9.17, 15) is 18.0 Å². The predicted octanol–water partition coefficient (Wildman–Crippen LogP) is -0.256. The van der Waals surface area contributed by atoms with Crippen molar-refractivity contribution in [3.63, 3.8) is 0 Å². The Hall–Kier alpha value is -2.01. The molecule has 1 N–H and O–H groups in total. The van der Waals surface area contributed by atoms with Crippen LogP contribution in [0.5, 0.6) is 0 Å². The van der Waals surface area contributed by atoms with Crippen LogP contribution >= 0.6 is 0 Å². The molecule has 0 saturated carbocycles. The van der Waals surface area contributed by atoms with E-state index < -0.39 is 22.0 Å². The molecule has 1 atom stereocenters. The van der Waals surface area contributed by atoms with E-state index in [1.807, 2.05) is 30.3 Å². The van der Waals surface area contributed by atoms with Crippen LogP contribution in [-0.4, -0.2) is 99.6 Å². The van der Waals surface area contributed by atoms with E-state index in [0.29, 0.717) is 26.3 Å². The van der Waals surface area contributed by atoms with Gasteiger partial charge >= 0.3 is 0 Å². The first-order valence-corrected chi connectivity index (χ1v) is 11.9. The molecule has 0 radical (unpaired) electrons. The number of rotatable bonds is 10. The number of amides is 2. The lowest BCUT2D eigenvalue weighted by Crippen LogP contribution is -2.51. The fourth-order valence-electron chi connectivity index (χ4n) is 3.07. The number of likely N-dealkylation sites (N-methyl/N-ethyl adjacent to an activating group) is 1. The lowest BCUT2D eigenvalue weighted by Gasteiger charge is -2.31. The molecule has 1 heterocycles. The van der Waals surface area contributed by atoms with Gasteiger partial charge in [-0.15, -0.1) is 0 Å². The van der Waals surface area contributed by atoms with Gasteiger partial charge in [0.05, 0.1) is 26.0 Å². The van der Waals surface area contributed by atoms with E-state index >= 15 is 0 Å². The molecule has 0 bridgehead atoms. The summed E-state index contributed by atoms with van der Waals surface area (Å²) >= 11 is 0. The number of hydrogen-bond donors (Lipinski definition) is 1. The Morgan fingerprint density at radius 1 is 1.20 bits per heavy atom. The van der Waals surface area contributed by atoms with E-state index in [-0.39, 0.29) is 19.0 Å². The fraction of sp³-hybridized carbons (Fsp3) is 0.600. The second-order valence-electron chi connectivity index (χ2n) is 7.45. The minimum absolute atomic E-state index is 0.218. The summed E-state index contributed by atoms with van der Waals surface area (Å²) in [5, 5.41) is 2.89. The summed E-state index contributed by atoms with van der Waals surface area (Å²) < 4.78 is 29.7. The zero-order chi connectivity index (χ0) is 22.1. The number of carbonyl (C=O) groups excluding carboxylic acids is 2. The van der Waals surface area contributed by atoms with Crippen molar-refractivity contribution < 1.29 is 22.7 Å². The number of carbonyl (C=O) groups is 2. The number of benzene rings is 1. The van der Waals surface area contributed by atoms with Crippen LogP contribution in [0.1, 0.15) is 12.5 Å². The average Bonchev–Trinajstić information content (AvgIpc) is 2.72. The number of morpholine rings is 1. The predicted molar refractivity (Wildman–Crippen MR) is 114 cm³/mol. The SMILES string of the molecule is C[C@H](C(=O)NCCN1CCOCC1)N(Cc1ccccc1)C(=O)CN(C)S(C)(=O)=O. The summed E-state index contributed by atoms with van der Waals surface area (Å²) in [4.78, 5) is 29.2. The van der Waals surface area contributed by atoms with Gasteiger partial charge in [-0.2, -0.15) is 4.31 Å². The summed E-state index contributed by atoms with van der Waals surface area (Å²) in [5.41, 5.74) is 0.862. The monoisotopic (exact) mass is 440 g/mol. The molecule has 30 heavy (non-hydrogen) atoms. The maximum absolute atomic E-state index is 12.9. The zero-order valence-corrected chi connectivity index (χ0v) is 18.7. The Labute approximate surface area is 179 Å². The maximum atomic E-state index is 12.9. The smallest absolute Gasteiger partial charge is 0.242 e. The lowest BCUT2D eigenvalue weighted by molar-refractivity contribution is -0.140. The van der Waals surface area contributed by atoms with Crippen molar-refractivity contribution in [1.29, 1.82) is 0 Å². The highest BCUT2D eigenvalue weighted by molar-refractivity contribution is 7.88. The van der Waals surface area contributed by atoms with E-state index in [2.05, 4.69) is 10.2 Å². The van der Waals surface area contributed by atoms with Gasteiger partial charge in [0.25, 0.3) is 0 Å². The van der Waals surface area contributed by atoms with Crippen LogP contribution in [0.3, 0.4) is 0 Å². The fourth-order valence-corrected chi connectivity index (χ4v) is 3.42. The molecule has 1 fully saturated rings. The molecule has 9 nitrogen and oxygen atoms in total. The molecule has 1 aromatic rings. The third-order valence-electron chi connectivity index (χ3n) is 5.12. The quantitative estimate of drug-likeness (QED) is 0.538. The molecule has 2 amide bonds. The third-order valence-corrected chi connectivity index (χ3v) is 6.38. The van der Waals surface area contributed by atoms with Gasteiger partial charge in [0.1, 0.15) is 6.04 Å². The van der Waals surface area contributed by atoms with Gasteiger partial charge in [0, 0.05) is 39.8 Å². The number of sulfonamides is 1. The highest BCUT2D eigenvalue weighted by Gasteiger charge is 2.28. The standard InChI is InChI=1S/C20H32N4O5S/c1-17(20(26)21-9-10-23-11-13-29-14-12-23)24(15-18-7-5-4-6-8-18)19(25)16-22(2)30(3,27)28/h4-8,17H,9-16H2,1-3H3,(H,21,26)/t17-/m1/s1. The van der Waals surface area contributed by atoms with Crippen molar-refractivity contribution in [3.05, 3.63) is 35.9 Å². The van der Waals surface area contributed by atoms with Crippen LogP contribution in [0.2, 0.25) is 0 Å². The first-order valence-electron chi connectivity index (χ1n) is 10.0. The summed E-state index contributed by atoms with van der Waals surface area (Å²) in [6.45, 7) is 5.79. The van der Waals surface area contributed by atoms with Crippen LogP contribution in [0.25, 0.3) is 0 Å². The van der Waals surface area contributed by atoms with Crippen molar-refractivity contribution in [3.8, 4) is 0 Å². The van der Waals surface area contributed by atoms with Crippen molar-refractivity contribution in [2.75, 3.05) is 59.2 Å². The molecule has 0 aliphatic carbocycles. The summed E-state index contributed by atoms with van der Waals surface area (Å²) in [6, 6.07) is 8.57. The molecule has 1 aromatic carbocycles. The number of nitrogens with one attached hydrogen (secondary N) is 1. The highest BCUT2D eigenvalue weighted by atomic mass is 32.2. The normalized spacial score (nSPS) is 16.3. The molecule has 10 heteroatoms. The molecule has 1 aliphatic rings. The van der Waals surface area contributed by atoms with Gasteiger partial charge in [0.2, 0.25) is 21.8 Å². The van der Waals surface area contributed by atoms with Crippen LogP contribution in [0.15, 0.2) is 30.3 Å². The molecule has 1 saturated heterocycles. The number of ether oxygens (including phenoxy) is 1. The van der Waals surface area contributed by atoms with E-state index in [1.165, 1.54) is 11.9 Å². The molecular formula is C20H32N4O5S. The van der Waals surface area contributed by atoms with Gasteiger partial charge in [0.15, 0.2) is 0 Å². The van der Waals surface area contributed by atoms with Gasteiger partial charge in [-0.25, -0.2) is 8.42 Å². The van der Waals surface area contributed by atoms with Gasteiger partial charge in [-0.1, -0.05) is 30.3 Å². The maximum Gasteiger partial charge on any atom is 0.242 e. The number of hydrogen-bond acceptors (Lipinski definition) is 6. The minimum Gasteiger partial charge on any atom is -0.379 e. The van der Waals surface area contributed by atoms with Crippen LogP contribution in [0, 0.1) is 0 Å². The Morgan fingerprint density at radius 2 is 1.83 bits per heavy atom. The van der Waals surface area contributed by atoms with E-state index in [4.69, 9.17) is 4.74 Å². The minimum atomic E-state index is -3.51. The molecule has 0 unspecified atom stereocenters.